The van der Waals surface area contributed by atoms with Gasteiger partial charge in [0.2, 0.25) is 0 Å². The molecule has 26 heavy (non-hydrogen) atoms. The fourth-order valence-electron chi connectivity index (χ4n) is 4.03. The Hall–Kier alpha value is -0.990. The van der Waals surface area contributed by atoms with E-state index >= 15 is 0 Å². The van der Waals surface area contributed by atoms with Crippen LogP contribution in [0.1, 0.15) is 25.3 Å². The molecule has 7 heteroatoms. The maximum Gasteiger partial charge on any atom is 0.282 e. The first-order valence-electron chi connectivity index (χ1n) is 9.47. The molecule has 0 aliphatic carbocycles. The summed E-state index contributed by atoms with van der Waals surface area (Å²) < 4.78 is 30.5. The predicted octanol–water partition coefficient (Wildman–Crippen LogP) is 3.00. The van der Waals surface area contributed by atoms with Crippen molar-refractivity contribution in [2.75, 3.05) is 39.3 Å². The number of nitrogens with zero attached hydrogens (tertiary/aromatic N) is 3. The molecule has 0 bridgehead atoms. The van der Waals surface area contributed by atoms with Gasteiger partial charge in [-0.2, -0.15) is 17.0 Å². The lowest BCUT2D eigenvalue weighted by Gasteiger charge is -2.38. The van der Waals surface area contributed by atoms with E-state index in [2.05, 4.69) is 41.5 Å². The Labute approximate surface area is 160 Å². The van der Waals surface area contributed by atoms with Crippen molar-refractivity contribution in [3.05, 3.63) is 35.2 Å². The van der Waals surface area contributed by atoms with Crippen molar-refractivity contribution in [3.8, 4) is 0 Å². The normalized spacial score (nSPS) is 24.3. The summed E-state index contributed by atoms with van der Waals surface area (Å²) in [7, 11) is -3.30. The van der Waals surface area contributed by atoms with Gasteiger partial charge in [0.15, 0.2) is 0 Å². The fourth-order valence-corrected chi connectivity index (χ4v) is 6.74. The largest absolute Gasteiger partial charge is 0.296 e. The maximum absolute atomic E-state index is 12.9. The first-order chi connectivity index (χ1) is 12.5. The number of benzene rings is 1. The Morgan fingerprint density at radius 2 is 1.85 bits per heavy atom. The fraction of sp³-hybridized carbons (Fsp3) is 0.579. The molecule has 1 aromatic heterocycles. The summed E-state index contributed by atoms with van der Waals surface area (Å²) in [5, 5.41) is 3.57. The Morgan fingerprint density at radius 3 is 2.62 bits per heavy atom. The maximum atomic E-state index is 12.9. The van der Waals surface area contributed by atoms with E-state index < -0.39 is 10.2 Å². The quantitative estimate of drug-likeness (QED) is 0.802. The number of thiophene rings is 1. The molecule has 4 rings (SSSR count). The highest BCUT2D eigenvalue weighted by Gasteiger charge is 2.34. The van der Waals surface area contributed by atoms with Crippen LogP contribution in [0.25, 0.3) is 10.1 Å². The van der Waals surface area contributed by atoms with Gasteiger partial charge in [-0.1, -0.05) is 25.1 Å². The Balaban J connectivity index is 1.38. The molecule has 0 radical (unpaired) electrons. The van der Waals surface area contributed by atoms with Crippen LogP contribution in [0.4, 0.5) is 0 Å². The van der Waals surface area contributed by atoms with Crippen LogP contribution < -0.4 is 0 Å². The van der Waals surface area contributed by atoms with Crippen LogP contribution in [0.15, 0.2) is 29.6 Å². The number of hydrogen-bond acceptors (Lipinski definition) is 4. The molecule has 5 nitrogen and oxygen atoms in total. The summed E-state index contributed by atoms with van der Waals surface area (Å²) in [5.74, 6) is 0.465. The third-order valence-electron chi connectivity index (χ3n) is 5.56. The zero-order chi connectivity index (χ0) is 18.1. The second-order valence-electron chi connectivity index (χ2n) is 7.55. The summed E-state index contributed by atoms with van der Waals surface area (Å²) in [6.45, 7) is 7.17. The zero-order valence-corrected chi connectivity index (χ0v) is 16.9. The summed E-state index contributed by atoms with van der Waals surface area (Å²) in [6.07, 6.45) is 2.11. The molecule has 3 heterocycles. The Kier molecular flexibility index (Phi) is 5.34. The molecule has 2 aliphatic heterocycles. The van der Waals surface area contributed by atoms with Crippen molar-refractivity contribution in [2.24, 2.45) is 5.92 Å². The molecule has 2 aliphatic rings. The number of piperidine rings is 1. The summed E-state index contributed by atoms with van der Waals surface area (Å²) in [4.78, 5) is 2.37. The minimum absolute atomic E-state index is 0.465. The van der Waals surface area contributed by atoms with Crippen LogP contribution in [0.3, 0.4) is 0 Å². The minimum Gasteiger partial charge on any atom is -0.296 e. The second kappa shape index (κ2) is 7.56. The highest BCUT2D eigenvalue weighted by atomic mass is 32.2. The van der Waals surface area contributed by atoms with Crippen LogP contribution in [-0.2, 0) is 16.8 Å². The van der Waals surface area contributed by atoms with Gasteiger partial charge in [0.1, 0.15) is 0 Å². The summed E-state index contributed by atoms with van der Waals surface area (Å²) in [6, 6.07) is 8.50. The highest BCUT2D eigenvalue weighted by molar-refractivity contribution is 7.86. The monoisotopic (exact) mass is 393 g/mol. The lowest BCUT2D eigenvalue weighted by molar-refractivity contribution is 0.170. The third kappa shape index (κ3) is 3.68. The van der Waals surface area contributed by atoms with Crippen molar-refractivity contribution >= 4 is 31.6 Å². The Bertz CT molecular complexity index is 857. The molecular weight excluding hydrogens is 366 g/mol. The zero-order valence-electron chi connectivity index (χ0n) is 15.3. The van der Waals surface area contributed by atoms with Crippen LogP contribution in [-0.4, -0.2) is 61.2 Å². The van der Waals surface area contributed by atoms with E-state index in [1.165, 1.54) is 15.6 Å². The van der Waals surface area contributed by atoms with E-state index in [4.69, 9.17) is 0 Å². The molecule has 0 spiro atoms. The van der Waals surface area contributed by atoms with Crippen molar-refractivity contribution in [1.29, 1.82) is 0 Å². The first kappa shape index (κ1) is 18.4. The van der Waals surface area contributed by atoms with E-state index in [9.17, 15) is 8.42 Å². The third-order valence-corrected chi connectivity index (χ3v) is 8.57. The van der Waals surface area contributed by atoms with Gasteiger partial charge in [0, 0.05) is 50.5 Å². The van der Waals surface area contributed by atoms with E-state index in [0.717, 1.165) is 32.5 Å². The standard InChI is InChI=1S/C19H27N3O2S2/c1-16-5-4-8-22(13-16)26(23,24)21-11-9-20(10-12-21)14-17-15-25-19-7-3-2-6-18(17)19/h2-3,6-7,15-16H,4-5,8-14H2,1H3. The SMILES string of the molecule is CC1CCCN(S(=O)(=O)N2CCN(Cc3csc4ccccc34)CC2)C1. The molecule has 0 amide bonds. The van der Waals surface area contributed by atoms with E-state index in [1.807, 2.05) is 0 Å². The molecule has 2 aromatic rings. The molecule has 1 unspecified atom stereocenters. The number of fused-ring (bicyclic) bond motifs is 1. The molecule has 2 fully saturated rings. The van der Waals surface area contributed by atoms with Crippen LogP contribution >= 0.6 is 11.3 Å². The molecule has 1 atom stereocenters. The van der Waals surface area contributed by atoms with Gasteiger partial charge in [0.25, 0.3) is 10.2 Å². The van der Waals surface area contributed by atoms with Crippen molar-refractivity contribution in [1.82, 2.24) is 13.5 Å². The average molecular weight is 394 g/mol. The van der Waals surface area contributed by atoms with Gasteiger partial charge in [-0.3, -0.25) is 4.90 Å². The van der Waals surface area contributed by atoms with E-state index in [0.29, 0.717) is 32.1 Å². The van der Waals surface area contributed by atoms with Gasteiger partial charge in [-0.15, -0.1) is 11.3 Å². The smallest absolute Gasteiger partial charge is 0.282 e. The molecule has 2 saturated heterocycles. The van der Waals surface area contributed by atoms with Crippen molar-refractivity contribution < 1.29 is 8.42 Å². The van der Waals surface area contributed by atoms with Crippen LogP contribution in [0.2, 0.25) is 0 Å². The van der Waals surface area contributed by atoms with Crippen LogP contribution in [0.5, 0.6) is 0 Å². The predicted molar refractivity (Wildman–Crippen MR) is 108 cm³/mol. The first-order valence-corrected chi connectivity index (χ1v) is 11.7. The van der Waals surface area contributed by atoms with Gasteiger partial charge in [-0.25, -0.2) is 0 Å². The summed E-state index contributed by atoms with van der Waals surface area (Å²) in [5.41, 5.74) is 1.35. The van der Waals surface area contributed by atoms with Gasteiger partial charge < -0.3 is 0 Å². The van der Waals surface area contributed by atoms with Crippen LogP contribution in [0, 0.1) is 5.92 Å². The van der Waals surface area contributed by atoms with Crippen molar-refractivity contribution in [2.45, 2.75) is 26.3 Å². The summed E-state index contributed by atoms with van der Waals surface area (Å²) >= 11 is 1.79. The van der Waals surface area contributed by atoms with Gasteiger partial charge in [-0.05, 0) is 41.2 Å². The minimum atomic E-state index is -3.30. The number of hydrogen-bond donors (Lipinski definition) is 0. The van der Waals surface area contributed by atoms with E-state index in [1.54, 1.807) is 19.9 Å². The molecule has 0 N–H and O–H groups in total. The molecular formula is C19H27N3O2S2. The molecule has 142 valence electrons. The lowest BCUT2D eigenvalue weighted by Crippen LogP contribution is -2.54. The topological polar surface area (TPSA) is 43.9 Å². The van der Waals surface area contributed by atoms with Gasteiger partial charge in [0.05, 0.1) is 0 Å². The number of piperazine rings is 1. The van der Waals surface area contributed by atoms with E-state index in [-0.39, 0.29) is 0 Å². The lowest BCUT2D eigenvalue weighted by atomic mass is 10.0. The molecule has 0 saturated carbocycles. The second-order valence-corrected chi connectivity index (χ2v) is 10.4. The van der Waals surface area contributed by atoms with Crippen molar-refractivity contribution in [3.63, 3.8) is 0 Å². The highest BCUT2D eigenvalue weighted by Crippen LogP contribution is 2.27. The molecule has 1 aromatic carbocycles. The average Bonchev–Trinajstić information content (AvgIpc) is 3.05. The Morgan fingerprint density at radius 1 is 1.08 bits per heavy atom. The number of rotatable bonds is 4. The van der Waals surface area contributed by atoms with Gasteiger partial charge >= 0.3 is 0 Å².